The van der Waals surface area contributed by atoms with Crippen LogP contribution in [0, 0.1) is 11.7 Å². The molecule has 18 heavy (non-hydrogen) atoms. The highest BCUT2D eigenvalue weighted by molar-refractivity contribution is 5.94. The second-order valence-corrected chi connectivity index (χ2v) is 4.36. The molecule has 0 radical (unpaired) electrons. The lowest BCUT2D eigenvalue weighted by atomic mass is 10.00. The average Bonchev–Trinajstić information content (AvgIpc) is 2.36. The predicted octanol–water partition coefficient (Wildman–Crippen LogP) is 2.35. The van der Waals surface area contributed by atoms with E-state index in [9.17, 15) is 9.18 Å². The molecule has 0 aliphatic rings. The van der Waals surface area contributed by atoms with E-state index in [2.05, 4.69) is 12.2 Å². The quantitative estimate of drug-likeness (QED) is 0.783. The van der Waals surface area contributed by atoms with Crippen LogP contribution in [0.15, 0.2) is 24.3 Å². The third-order valence-corrected chi connectivity index (χ3v) is 2.90. The second kappa shape index (κ2) is 7.82. The molecule has 2 N–H and O–H groups in total. The zero-order valence-corrected chi connectivity index (χ0v) is 10.7. The largest absolute Gasteiger partial charge is 0.396 e. The van der Waals surface area contributed by atoms with E-state index in [-0.39, 0.29) is 18.1 Å². The predicted molar refractivity (Wildman–Crippen MR) is 68.8 cm³/mol. The number of carbonyl (C=O) groups excluding carboxylic acids is 1. The lowest BCUT2D eigenvalue weighted by Gasteiger charge is -2.15. The first-order chi connectivity index (χ1) is 8.69. The van der Waals surface area contributed by atoms with Crippen LogP contribution in [0.25, 0.3) is 0 Å². The van der Waals surface area contributed by atoms with Gasteiger partial charge in [0.2, 0.25) is 0 Å². The Labute approximate surface area is 107 Å². The topological polar surface area (TPSA) is 49.3 Å². The van der Waals surface area contributed by atoms with Crippen molar-refractivity contribution in [3.05, 3.63) is 35.6 Å². The molecule has 0 aliphatic carbocycles. The number of aliphatic hydroxyl groups excluding tert-OH is 1. The van der Waals surface area contributed by atoms with Crippen molar-refractivity contribution < 1.29 is 14.3 Å². The number of nitrogens with one attached hydrogen (secondary N) is 1. The molecule has 1 aromatic carbocycles. The van der Waals surface area contributed by atoms with Gasteiger partial charge in [0.15, 0.2) is 0 Å². The van der Waals surface area contributed by atoms with Gasteiger partial charge in [0, 0.05) is 13.2 Å². The van der Waals surface area contributed by atoms with Crippen LogP contribution in [-0.4, -0.2) is 24.2 Å². The summed E-state index contributed by atoms with van der Waals surface area (Å²) in [7, 11) is 0. The summed E-state index contributed by atoms with van der Waals surface area (Å²) in [6, 6.07) is 5.92. The molecule has 0 heterocycles. The molecular formula is C14H20FNO2. The van der Waals surface area contributed by atoms with Gasteiger partial charge in [0.25, 0.3) is 5.91 Å². The Bertz CT molecular complexity index is 376. The van der Waals surface area contributed by atoms with Crippen molar-refractivity contribution >= 4 is 5.91 Å². The van der Waals surface area contributed by atoms with Gasteiger partial charge >= 0.3 is 0 Å². The Morgan fingerprint density at radius 1 is 1.39 bits per heavy atom. The first-order valence-corrected chi connectivity index (χ1v) is 6.32. The molecular weight excluding hydrogens is 233 g/mol. The molecule has 1 unspecified atom stereocenters. The van der Waals surface area contributed by atoms with Crippen LogP contribution in [-0.2, 0) is 0 Å². The maximum Gasteiger partial charge on any atom is 0.254 e. The van der Waals surface area contributed by atoms with E-state index in [1.54, 1.807) is 12.1 Å². The molecule has 0 bridgehead atoms. The first-order valence-electron chi connectivity index (χ1n) is 6.32. The normalized spacial score (nSPS) is 12.2. The molecule has 1 amide bonds. The van der Waals surface area contributed by atoms with Crippen LogP contribution in [0.4, 0.5) is 4.39 Å². The lowest BCUT2D eigenvalue weighted by Crippen LogP contribution is -2.30. The Morgan fingerprint density at radius 3 is 2.72 bits per heavy atom. The molecule has 3 nitrogen and oxygen atoms in total. The summed E-state index contributed by atoms with van der Waals surface area (Å²) >= 11 is 0. The summed E-state index contributed by atoms with van der Waals surface area (Å²) in [5.41, 5.74) is 0.0664. The zero-order chi connectivity index (χ0) is 13.4. The molecule has 0 saturated carbocycles. The fraction of sp³-hybridized carbons (Fsp3) is 0.500. The fourth-order valence-corrected chi connectivity index (χ4v) is 1.92. The molecule has 1 aromatic rings. The Hall–Kier alpha value is -1.42. The number of benzene rings is 1. The molecule has 0 spiro atoms. The monoisotopic (exact) mass is 253 g/mol. The van der Waals surface area contributed by atoms with Gasteiger partial charge in [-0.2, -0.15) is 0 Å². The summed E-state index contributed by atoms with van der Waals surface area (Å²) in [4.78, 5) is 11.8. The van der Waals surface area contributed by atoms with E-state index in [1.807, 2.05) is 0 Å². The van der Waals surface area contributed by atoms with Crippen LogP contribution in [0.2, 0.25) is 0 Å². The van der Waals surface area contributed by atoms with Crippen molar-refractivity contribution in [2.75, 3.05) is 13.2 Å². The molecule has 1 atom stereocenters. The van der Waals surface area contributed by atoms with Gasteiger partial charge in [-0.25, -0.2) is 4.39 Å². The van der Waals surface area contributed by atoms with E-state index in [4.69, 9.17) is 5.11 Å². The minimum Gasteiger partial charge on any atom is -0.396 e. The van der Waals surface area contributed by atoms with Crippen LogP contribution < -0.4 is 5.32 Å². The minimum absolute atomic E-state index is 0.0664. The van der Waals surface area contributed by atoms with Crippen molar-refractivity contribution in [2.24, 2.45) is 5.92 Å². The average molecular weight is 253 g/mol. The number of carbonyl (C=O) groups is 1. The van der Waals surface area contributed by atoms with E-state index in [0.717, 1.165) is 12.8 Å². The van der Waals surface area contributed by atoms with Gasteiger partial charge in [-0.1, -0.05) is 25.5 Å². The van der Waals surface area contributed by atoms with Crippen LogP contribution >= 0.6 is 0 Å². The van der Waals surface area contributed by atoms with Crippen molar-refractivity contribution in [2.45, 2.75) is 26.2 Å². The molecule has 0 saturated heterocycles. The van der Waals surface area contributed by atoms with Crippen molar-refractivity contribution in [3.63, 3.8) is 0 Å². The number of halogens is 1. The highest BCUT2D eigenvalue weighted by Crippen LogP contribution is 2.11. The maximum absolute atomic E-state index is 13.4. The number of aliphatic hydroxyl groups is 1. The number of hydrogen-bond donors (Lipinski definition) is 2. The smallest absolute Gasteiger partial charge is 0.254 e. The van der Waals surface area contributed by atoms with Gasteiger partial charge in [0.05, 0.1) is 5.56 Å². The van der Waals surface area contributed by atoms with Gasteiger partial charge in [-0.15, -0.1) is 0 Å². The third-order valence-electron chi connectivity index (χ3n) is 2.90. The SMILES string of the molecule is CCCC(CCO)CNC(=O)c1ccccc1F. The minimum atomic E-state index is -0.510. The van der Waals surface area contributed by atoms with Crippen LogP contribution in [0.5, 0.6) is 0 Å². The Kier molecular flexibility index (Phi) is 6.36. The van der Waals surface area contributed by atoms with E-state index >= 15 is 0 Å². The summed E-state index contributed by atoms with van der Waals surface area (Å²) in [5, 5.41) is 11.6. The third kappa shape index (κ3) is 4.45. The second-order valence-electron chi connectivity index (χ2n) is 4.36. The highest BCUT2D eigenvalue weighted by atomic mass is 19.1. The van der Waals surface area contributed by atoms with E-state index in [1.165, 1.54) is 12.1 Å². The molecule has 1 rings (SSSR count). The fourth-order valence-electron chi connectivity index (χ4n) is 1.92. The van der Waals surface area contributed by atoms with E-state index in [0.29, 0.717) is 13.0 Å². The lowest BCUT2D eigenvalue weighted by molar-refractivity contribution is 0.0939. The molecule has 0 aliphatic heterocycles. The van der Waals surface area contributed by atoms with Crippen LogP contribution in [0.1, 0.15) is 36.5 Å². The summed E-state index contributed by atoms with van der Waals surface area (Å²) in [5.74, 6) is -0.660. The van der Waals surface area contributed by atoms with Crippen molar-refractivity contribution in [3.8, 4) is 0 Å². The van der Waals surface area contributed by atoms with Gasteiger partial charge in [0.1, 0.15) is 5.82 Å². The zero-order valence-electron chi connectivity index (χ0n) is 10.7. The van der Waals surface area contributed by atoms with Gasteiger partial charge < -0.3 is 10.4 Å². The molecule has 100 valence electrons. The molecule has 0 fully saturated rings. The van der Waals surface area contributed by atoms with Gasteiger partial charge in [-0.3, -0.25) is 4.79 Å². The Balaban J connectivity index is 2.52. The maximum atomic E-state index is 13.4. The standard InChI is InChI=1S/C14H20FNO2/c1-2-5-11(8-9-17)10-16-14(18)12-6-3-4-7-13(12)15/h3-4,6-7,11,17H,2,5,8-10H2,1H3,(H,16,18). The van der Waals surface area contributed by atoms with Crippen molar-refractivity contribution in [1.29, 1.82) is 0 Å². The summed E-state index contributed by atoms with van der Waals surface area (Å²) in [6.07, 6.45) is 2.60. The summed E-state index contributed by atoms with van der Waals surface area (Å²) < 4.78 is 13.4. The first kappa shape index (κ1) is 14.6. The number of rotatable bonds is 7. The van der Waals surface area contributed by atoms with Gasteiger partial charge in [-0.05, 0) is 30.9 Å². The van der Waals surface area contributed by atoms with Crippen LogP contribution in [0.3, 0.4) is 0 Å². The highest BCUT2D eigenvalue weighted by Gasteiger charge is 2.13. The summed E-state index contributed by atoms with van der Waals surface area (Å²) in [6.45, 7) is 2.64. The molecule has 0 aromatic heterocycles. The number of amides is 1. The Morgan fingerprint density at radius 2 is 2.11 bits per heavy atom. The van der Waals surface area contributed by atoms with Crippen molar-refractivity contribution in [1.82, 2.24) is 5.32 Å². The molecule has 4 heteroatoms. The van der Waals surface area contributed by atoms with E-state index < -0.39 is 11.7 Å². The number of hydrogen-bond acceptors (Lipinski definition) is 2.